The number of fused-ring (bicyclic) bond motifs is 1. The van der Waals surface area contributed by atoms with Crippen LogP contribution in [-0.2, 0) is 10.3 Å². The van der Waals surface area contributed by atoms with Crippen molar-refractivity contribution in [2.24, 2.45) is 0 Å². The topological polar surface area (TPSA) is 127 Å². The van der Waals surface area contributed by atoms with Gasteiger partial charge in [0, 0.05) is 31.4 Å². The number of imidazole rings is 1. The van der Waals surface area contributed by atoms with Gasteiger partial charge in [0.25, 0.3) is 0 Å². The summed E-state index contributed by atoms with van der Waals surface area (Å²) < 4.78 is 12.6. The van der Waals surface area contributed by atoms with Gasteiger partial charge in [-0.05, 0) is 53.5 Å². The molecule has 0 bridgehead atoms. The number of anilines is 1. The summed E-state index contributed by atoms with van der Waals surface area (Å²) in [5.41, 5.74) is 0.487. The van der Waals surface area contributed by atoms with Crippen LogP contribution in [0, 0.1) is 0 Å². The molecule has 1 unspecified atom stereocenters. The molecule has 188 valence electrons. The Hall–Kier alpha value is -3.47. The van der Waals surface area contributed by atoms with Crippen molar-refractivity contribution < 1.29 is 19.4 Å². The molecule has 11 heteroatoms. The van der Waals surface area contributed by atoms with Crippen molar-refractivity contribution in [3.63, 3.8) is 0 Å². The van der Waals surface area contributed by atoms with Crippen molar-refractivity contribution in [2.75, 3.05) is 25.5 Å². The number of likely N-dealkylation sites (tertiary alicyclic amines) is 1. The van der Waals surface area contributed by atoms with E-state index in [9.17, 15) is 9.90 Å². The predicted molar refractivity (Wildman–Crippen MR) is 130 cm³/mol. The molecule has 1 saturated heterocycles. The second-order valence-electron chi connectivity index (χ2n) is 10.2. The van der Waals surface area contributed by atoms with Gasteiger partial charge in [0.1, 0.15) is 28.3 Å². The highest BCUT2D eigenvalue weighted by Crippen LogP contribution is 2.30. The van der Waals surface area contributed by atoms with Gasteiger partial charge in [0.15, 0.2) is 5.65 Å². The third-order valence-electron chi connectivity index (χ3n) is 5.58. The molecule has 0 radical (unpaired) electrons. The summed E-state index contributed by atoms with van der Waals surface area (Å²) >= 11 is 0. The maximum atomic E-state index is 12.5. The average Bonchev–Trinajstić information content (AvgIpc) is 3.20. The first kappa shape index (κ1) is 24.6. The van der Waals surface area contributed by atoms with E-state index in [2.05, 4.69) is 25.4 Å². The molecule has 35 heavy (non-hydrogen) atoms. The van der Waals surface area contributed by atoms with Crippen LogP contribution in [0.2, 0.25) is 0 Å². The highest BCUT2D eigenvalue weighted by Gasteiger charge is 2.28. The number of methoxy groups -OCH3 is 1. The minimum absolute atomic E-state index is 0.00196. The Bertz CT molecular complexity index is 1210. The Morgan fingerprint density at radius 3 is 2.69 bits per heavy atom. The first-order valence-corrected chi connectivity index (χ1v) is 11.7. The van der Waals surface area contributed by atoms with E-state index < -0.39 is 11.2 Å². The number of hydrogen-bond acceptors (Lipinski definition) is 9. The number of ether oxygens (including phenoxy) is 2. The maximum absolute atomic E-state index is 12.5. The van der Waals surface area contributed by atoms with Crippen LogP contribution in [0.4, 0.5) is 10.7 Å². The van der Waals surface area contributed by atoms with E-state index in [4.69, 9.17) is 9.47 Å². The molecule has 4 rings (SSSR count). The zero-order chi connectivity index (χ0) is 25.4. The van der Waals surface area contributed by atoms with Crippen LogP contribution < -0.4 is 10.1 Å². The molecule has 1 amide bonds. The number of amides is 1. The maximum Gasteiger partial charge on any atom is 0.410 e. The normalized spacial score (nSPS) is 16.9. The summed E-state index contributed by atoms with van der Waals surface area (Å²) in [6.45, 7) is 10.1. The fourth-order valence-corrected chi connectivity index (χ4v) is 3.99. The quantitative estimate of drug-likeness (QED) is 0.562. The van der Waals surface area contributed by atoms with Gasteiger partial charge in [-0.25, -0.2) is 24.3 Å². The molecule has 0 aliphatic carbocycles. The van der Waals surface area contributed by atoms with Crippen LogP contribution in [0.1, 0.15) is 53.2 Å². The Morgan fingerprint density at radius 1 is 1.23 bits per heavy atom. The van der Waals surface area contributed by atoms with Crippen LogP contribution in [0.5, 0.6) is 5.75 Å². The van der Waals surface area contributed by atoms with Gasteiger partial charge in [-0.15, -0.1) is 0 Å². The van der Waals surface area contributed by atoms with Gasteiger partial charge in [-0.1, -0.05) is 0 Å². The monoisotopic (exact) mass is 483 g/mol. The van der Waals surface area contributed by atoms with E-state index in [-0.39, 0.29) is 12.1 Å². The highest BCUT2D eigenvalue weighted by atomic mass is 16.6. The van der Waals surface area contributed by atoms with Crippen molar-refractivity contribution in [2.45, 2.75) is 64.7 Å². The molecule has 0 saturated carbocycles. The minimum Gasteiger partial charge on any atom is -0.495 e. The zero-order valence-corrected chi connectivity index (χ0v) is 21.1. The number of hydrogen-bond donors (Lipinski definition) is 2. The summed E-state index contributed by atoms with van der Waals surface area (Å²) in [4.78, 5) is 27.7. The van der Waals surface area contributed by atoms with Gasteiger partial charge >= 0.3 is 6.09 Å². The summed E-state index contributed by atoms with van der Waals surface area (Å²) in [5, 5.41) is 18.5. The molecule has 1 aliphatic heterocycles. The number of nitrogens with one attached hydrogen (secondary N) is 1. The molecule has 1 atom stereocenters. The first-order chi connectivity index (χ1) is 16.4. The van der Waals surface area contributed by atoms with Crippen molar-refractivity contribution in [1.29, 1.82) is 0 Å². The lowest BCUT2D eigenvalue weighted by atomic mass is 10.0. The Balaban J connectivity index is 1.56. The molecule has 2 N–H and O–H groups in total. The van der Waals surface area contributed by atoms with E-state index in [0.29, 0.717) is 47.5 Å². The lowest BCUT2D eigenvalue weighted by molar-refractivity contribution is 0.0206. The van der Waals surface area contributed by atoms with Gasteiger partial charge in [0.05, 0.1) is 19.0 Å². The summed E-state index contributed by atoms with van der Waals surface area (Å²) in [5.74, 6) is 0.906. The number of piperidine rings is 1. The number of carbonyl (C=O) groups is 1. The standard InChI is InChI=1S/C24H33N7O4/c1-23(2,3)35-22(32)30-11-7-8-15(14-30)27-21-25-10-9-16(28-21)17-13-26-19-12-18(34-6)20(24(4,5)33)29-31(17)19/h9-10,12-13,15,33H,7-8,11,14H2,1-6H3,(H,25,27,28). The zero-order valence-electron chi connectivity index (χ0n) is 21.1. The molecule has 0 aromatic carbocycles. The Kier molecular flexibility index (Phi) is 6.54. The van der Waals surface area contributed by atoms with Crippen LogP contribution in [0.3, 0.4) is 0 Å². The summed E-state index contributed by atoms with van der Waals surface area (Å²) in [6.07, 6.45) is 4.77. The molecule has 4 heterocycles. The third-order valence-corrected chi connectivity index (χ3v) is 5.58. The van der Waals surface area contributed by atoms with E-state index in [1.165, 1.54) is 7.11 Å². The molecule has 11 nitrogen and oxygen atoms in total. The highest BCUT2D eigenvalue weighted by molar-refractivity contribution is 5.68. The number of nitrogens with zero attached hydrogens (tertiary/aromatic N) is 6. The largest absolute Gasteiger partial charge is 0.495 e. The number of carbonyl (C=O) groups excluding carboxylic acids is 1. The van der Waals surface area contributed by atoms with Crippen molar-refractivity contribution in [1.82, 2.24) is 29.5 Å². The van der Waals surface area contributed by atoms with E-state index in [1.54, 1.807) is 47.8 Å². The number of aliphatic hydroxyl groups is 1. The number of aromatic nitrogens is 5. The molecule has 0 spiro atoms. The lowest BCUT2D eigenvalue weighted by Crippen LogP contribution is -2.47. The van der Waals surface area contributed by atoms with E-state index in [0.717, 1.165) is 12.8 Å². The fourth-order valence-electron chi connectivity index (χ4n) is 3.99. The summed E-state index contributed by atoms with van der Waals surface area (Å²) in [7, 11) is 1.53. The first-order valence-electron chi connectivity index (χ1n) is 11.7. The predicted octanol–water partition coefficient (Wildman–Crippen LogP) is 3.23. The van der Waals surface area contributed by atoms with E-state index in [1.807, 2.05) is 20.8 Å². The van der Waals surface area contributed by atoms with Crippen LogP contribution in [0.15, 0.2) is 24.5 Å². The van der Waals surface area contributed by atoms with Crippen molar-refractivity contribution >= 4 is 17.7 Å². The van der Waals surface area contributed by atoms with Gasteiger partial charge in [0.2, 0.25) is 5.95 Å². The molecular weight excluding hydrogens is 450 g/mol. The number of rotatable bonds is 5. The second-order valence-corrected chi connectivity index (χ2v) is 10.2. The summed E-state index contributed by atoms with van der Waals surface area (Å²) in [6, 6.07) is 3.51. The molecule has 3 aromatic rings. The average molecular weight is 484 g/mol. The Morgan fingerprint density at radius 2 is 2.00 bits per heavy atom. The fraction of sp³-hybridized carbons (Fsp3) is 0.542. The Labute approximate surface area is 204 Å². The molecule has 1 aliphatic rings. The lowest BCUT2D eigenvalue weighted by Gasteiger charge is -2.34. The minimum atomic E-state index is -1.21. The van der Waals surface area contributed by atoms with Crippen LogP contribution in [0.25, 0.3) is 17.0 Å². The van der Waals surface area contributed by atoms with Crippen LogP contribution in [-0.4, -0.2) is 72.5 Å². The second kappa shape index (κ2) is 9.29. The van der Waals surface area contributed by atoms with Gasteiger partial charge in [-0.2, -0.15) is 5.10 Å². The SMILES string of the molecule is COc1cc2ncc(-c3ccnc(NC4CCCN(C(=O)OC(C)(C)C)C4)n3)n2nc1C(C)(C)O. The molecule has 3 aromatic heterocycles. The van der Waals surface area contributed by atoms with E-state index >= 15 is 0 Å². The van der Waals surface area contributed by atoms with Gasteiger partial charge in [-0.3, -0.25) is 0 Å². The van der Waals surface area contributed by atoms with Gasteiger partial charge < -0.3 is 24.8 Å². The van der Waals surface area contributed by atoms with Crippen molar-refractivity contribution in [3.05, 3.63) is 30.2 Å². The smallest absolute Gasteiger partial charge is 0.410 e. The van der Waals surface area contributed by atoms with Crippen LogP contribution >= 0.6 is 0 Å². The molecular formula is C24H33N7O4. The molecule has 1 fully saturated rings. The third kappa shape index (κ3) is 5.61. The van der Waals surface area contributed by atoms with Crippen molar-refractivity contribution in [3.8, 4) is 17.1 Å².